The maximum Gasteiger partial charge on any atom is 0.356 e. The lowest BCUT2D eigenvalue weighted by atomic mass is 10.1. The normalized spacial score (nSPS) is 14.5. The number of esters is 1. The molecule has 1 fully saturated rings. The molecule has 3 N–H and O–H groups in total. The van der Waals surface area contributed by atoms with E-state index in [1.807, 2.05) is 25.1 Å². The van der Waals surface area contributed by atoms with Gasteiger partial charge in [0.1, 0.15) is 5.69 Å². The van der Waals surface area contributed by atoms with Gasteiger partial charge in [-0.05, 0) is 50.1 Å². The Morgan fingerprint density at radius 1 is 1.12 bits per heavy atom. The first kappa shape index (κ1) is 22.9. The Balaban J connectivity index is 1.37. The van der Waals surface area contributed by atoms with Crippen LogP contribution in [-0.4, -0.2) is 56.7 Å². The number of nitrogens with zero attached hydrogens (tertiary/aromatic N) is 1. The van der Waals surface area contributed by atoms with E-state index in [9.17, 15) is 9.59 Å². The van der Waals surface area contributed by atoms with E-state index in [-0.39, 0.29) is 11.6 Å². The molecule has 0 radical (unpaired) electrons. The first-order chi connectivity index (χ1) is 15.9. The van der Waals surface area contributed by atoms with Gasteiger partial charge in [0, 0.05) is 16.6 Å². The maximum absolute atomic E-state index is 12.8. The number of rotatable bonds is 6. The van der Waals surface area contributed by atoms with Crippen molar-refractivity contribution in [3.8, 4) is 0 Å². The number of carbonyl (C=O) groups excluding carboxylic acids is 2. The van der Waals surface area contributed by atoms with Crippen molar-refractivity contribution in [1.82, 2.24) is 4.98 Å². The molecule has 0 unspecified atom stereocenters. The van der Waals surface area contributed by atoms with E-state index in [1.54, 1.807) is 0 Å². The lowest BCUT2D eigenvalue weighted by Crippen LogP contribution is -3.15. The number of nitrogens with one attached hydrogen (secondary N) is 3. The lowest BCUT2D eigenvalue weighted by molar-refractivity contribution is -0.900. The second kappa shape index (κ2) is 9.67. The van der Waals surface area contributed by atoms with Crippen LogP contribution in [0.15, 0.2) is 36.4 Å². The second-order valence-electron chi connectivity index (χ2n) is 8.92. The average molecular weight is 450 g/mol. The number of ether oxygens (including phenoxy) is 1. The molecular formula is C26H33N4O3+. The third-order valence-corrected chi connectivity index (χ3v) is 6.70. The lowest BCUT2D eigenvalue weighted by Gasteiger charge is -2.34. The fourth-order valence-electron chi connectivity index (χ4n) is 4.58. The van der Waals surface area contributed by atoms with Crippen molar-refractivity contribution in [3.63, 3.8) is 0 Å². The molecule has 7 nitrogen and oxygen atoms in total. The molecule has 0 spiro atoms. The first-order valence-electron chi connectivity index (χ1n) is 11.5. The van der Waals surface area contributed by atoms with Gasteiger partial charge in [0.25, 0.3) is 0 Å². The zero-order valence-corrected chi connectivity index (χ0v) is 19.9. The molecule has 2 heterocycles. The molecule has 33 heavy (non-hydrogen) atoms. The highest BCUT2D eigenvalue weighted by atomic mass is 16.5. The number of aryl methyl sites for hydroxylation is 2. The minimum absolute atomic E-state index is 0.0907. The molecule has 4 rings (SSSR count). The van der Waals surface area contributed by atoms with E-state index in [0.717, 1.165) is 49.2 Å². The van der Waals surface area contributed by atoms with Gasteiger partial charge in [-0.3, -0.25) is 4.79 Å². The van der Waals surface area contributed by atoms with Crippen LogP contribution in [0, 0.1) is 20.8 Å². The molecule has 1 saturated heterocycles. The van der Waals surface area contributed by atoms with Gasteiger partial charge in [0.05, 0.1) is 51.9 Å². The molecule has 2 aromatic carbocycles. The van der Waals surface area contributed by atoms with Crippen LogP contribution in [-0.2, 0) is 9.53 Å². The molecule has 174 valence electrons. The number of aromatic amines is 1. The van der Waals surface area contributed by atoms with Crippen molar-refractivity contribution >= 4 is 34.2 Å². The van der Waals surface area contributed by atoms with Gasteiger partial charge in [-0.1, -0.05) is 23.8 Å². The number of methoxy groups -OCH3 is 1. The summed E-state index contributed by atoms with van der Waals surface area (Å²) in [6, 6.07) is 12.3. The molecule has 0 bridgehead atoms. The average Bonchev–Trinajstić information content (AvgIpc) is 3.16. The summed E-state index contributed by atoms with van der Waals surface area (Å²) in [5.41, 5.74) is 6.61. The quantitative estimate of drug-likeness (QED) is 0.506. The molecule has 0 saturated carbocycles. The fourth-order valence-corrected chi connectivity index (χ4v) is 4.58. The monoisotopic (exact) mass is 449 g/mol. The highest BCUT2D eigenvalue weighted by Crippen LogP contribution is 2.29. The number of aromatic nitrogens is 1. The van der Waals surface area contributed by atoms with Gasteiger partial charge >= 0.3 is 5.97 Å². The summed E-state index contributed by atoms with van der Waals surface area (Å²) in [7, 11) is 1.34. The number of hydrogen-bond acceptors (Lipinski definition) is 4. The van der Waals surface area contributed by atoms with Crippen LogP contribution in [0.25, 0.3) is 10.9 Å². The first-order valence-corrected chi connectivity index (χ1v) is 11.5. The van der Waals surface area contributed by atoms with Crippen LogP contribution in [0.2, 0.25) is 0 Å². The predicted octanol–water partition coefficient (Wildman–Crippen LogP) is 2.61. The summed E-state index contributed by atoms with van der Waals surface area (Å²) >= 11 is 0. The molecule has 7 heteroatoms. The molecule has 1 aliphatic heterocycles. The number of amides is 1. The van der Waals surface area contributed by atoms with Gasteiger partial charge in [-0.25, -0.2) is 4.79 Å². The highest BCUT2D eigenvalue weighted by molar-refractivity contribution is 6.11. The van der Waals surface area contributed by atoms with Gasteiger partial charge in [-0.15, -0.1) is 0 Å². The van der Waals surface area contributed by atoms with Gasteiger partial charge < -0.3 is 24.8 Å². The van der Waals surface area contributed by atoms with Crippen LogP contribution in [0.5, 0.6) is 0 Å². The molecule has 1 aliphatic rings. The third kappa shape index (κ3) is 4.88. The van der Waals surface area contributed by atoms with E-state index in [2.05, 4.69) is 47.2 Å². The fraction of sp³-hybridized carbons (Fsp3) is 0.385. The standard InChI is InChI=1S/C26H32N4O3/c1-17-8-9-21-20(16-17)24(25(27-21)26(32)33-4)28-23(31)10-11-29-12-14-30(15-13-29)22-7-5-6-18(2)19(22)3/h5-9,16,27H,10-15H2,1-4H3,(H,28,31)/p+1. The predicted molar refractivity (Wildman–Crippen MR) is 131 cm³/mol. The highest BCUT2D eigenvalue weighted by Gasteiger charge is 2.24. The van der Waals surface area contributed by atoms with Crippen LogP contribution >= 0.6 is 0 Å². The Labute approximate surface area is 194 Å². The smallest absolute Gasteiger partial charge is 0.356 e. The summed E-state index contributed by atoms with van der Waals surface area (Å²) in [4.78, 5) is 32.0. The SMILES string of the molecule is COC(=O)c1[nH]c2ccc(C)cc2c1NC(=O)CC[NH+]1CCN(c2cccc(C)c2C)CC1. The van der Waals surface area contributed by atoms with E-state index in [0.29, 0.717) is 12.1 Å². The molecule has 1 amide bonds. The summed E-state index contributed by atoms with van der Waals surface area (Å²) < 4.78 is 4.91. The number of anilines is 2. The maximum atomic E-state index is 12.8. The summed E-state index contributed by atoms with van der Waals surface area (Å²) in [6.07, 6.45) is 0.401. The van der Waals surface area contributed by atoms with Crippen LogP contribution in [0.1, 0.15) is 33.6 Å². The topological polar surface area (TPSA) is 78.9 Å². The molecule has 0 atom stereocenters. The number of H-pyrrole nitrogens is 1. The minimum Gasteiger partial charge on any atom is -0.464 e. The van der Waals surface area contributed by atoms with Gasteiger partial charge in [-0.2, -0.15) is 0 Å². The Hall–Kier alpha value is -3.32. The van der Waals surface area contributed by atoms with Crippen LogP contribution in [0.4, 0.5) is 11.4 Å². The summed E-state index contributed by atoms with van der Waals surface area (Å²) in [6.45, 7) is 11.0. The summed E-state index contributed by atoms with van der Waals surface area (Å²) in [5, 5.41) is 3.79. The van der Waals surface area contributed by atoms with Crippen molar-refractivity contribution in [2.24, 2.45) is 0 Å². The van der Waals surface area contributed by atoms with E-state index in [4.69, 9.17) is 4.74 Å². The van der Waals surface area contributed by atoms with Crippen molar-refractivity contribution in [2.75, 3.05) is 50.1 Å². The number of hydrogen-bond donors (Lipinski definition) is 3. The Bertz CT molecular complexity index is 1180. The zero-order valence-electron chi connectivity index (χ0n) is 19.9. The number of carbonyl (C=O) groups is 2. The Kier molecular flexibility index (Phi) is 6.70. The molecule has 3 aromatic rings. The number of quaternary nitrogens is 1. The second-order valence-corrected chi connectivity index (χ2v) is 8.92. The largest absolute Gasteiger partial charge is 0.464 e. The number of piperazine rings is 1. The van der Waals surface area contributed by atoms with Crippen LogP contribution < -0.4 is 15.1 Å². The van der Waals surface area contributed by atoms with E-state index < -0.39 is 5.97 Å². The Morgan fingerprint density at radius 2 is 1.88 bits per heavy atom. The van der Waals surface area contributed by atoms with Crippen molar-refractivity contribution in [2.45, 2.75) is 27.2 Å². The van der Waals surface area contributed by atoms with E-state index >= 15 is 0 Å². The van der Waals surface area contributed by atoms with Gasteiger partial charge in [0.2, 0.25) is 5.91 Å². The minimum atomic E-state index is -0.493. The third-order valence-electron chi connectivity index (χ3n) is 6.70. The van der Waals surface area contributed by atoms with E-state index in [1.165, 1.54) is 28.8 Å². The van der Waals surface area contributed by atoms with Crippen molar-refractivity contribution in [1.29, 1.82) is 0 Å². The van der Waals surface area contributed by atoms with Gasteiger partial charge in [0.15, 0.2) is 0 Å². The molecular weight excluding hydrogens is 416 g/mol. The Morgan fingerprint density at radius 3 is 2.61 bits per heavy atom. The van der Waals surface area contributed by atoms with Crippen LogP contribution in [0.3, 0.4) is 0 Å². The zero-order chi connectivity index (χ0) is 23.5. The number of fused-ring (bicyclic) bond motifs is 1. The van der Waals surface area contributed by atoms with Crippen molar-refractivity contribution < 1.29 is 19.2 Å². The molecule has 1 aromatic heterocycles. The summed E-state index contributed by atoms with van der Waals surface area (Å²) in [5.74, 6) is -0.584. The van der Waals surface area contributed by atoms with Crippen molar-refractivity contribution in [3.05, 3.63) is 58.8 Å². The number of benzene rings is 2. The molecule has 0 aliphatic carbocycles.